The number of anilines is 1. The van der Waals surface area contributed by atoms with E-state index in [9.17, 15) is 0 Å². The molecule has 100 valence electrons. The minimum atomic E-state index is -0.805. The van der Waals surface area contributed by atoms with E-state index in [2.05, 4.69) is 42.2 Å². The van der Waals surface area contributed by atoms with Gasteiger partial charge < -0.3 is 14.8 Å². The van der Waals surface area contributed by atoms with Crippen LogP contribution in [-0.4, -0.2) is 13.2 Å². The smallest absolute Gasteiger partial charge is 0.239 e. The van der Waals surface area contributed by atoms with Gasteiger partial charge in [0, 0.05) is 11.3 Å². The number of fused-ring (bicyclic) bond motifs is 2. The van der Waals surface area contributed by atoms with Gasteiger partial charge in [0.15, 0.2) is 0 Å². The molecule has 2 heterocycles. The van der Waals surface area contributed by atoms with E-state index in [1.54, 1.807) is 0 Å². The fraction of sp³-hybridized carbons (Fsp3) is 0.176. The summed E-state index contributed by atoms with van der Waals surface area (Å²) in [4.78, 5) is 0. The van der Waals surface area contributed by atoms with Crippen LogP contribution in [0.2, 0.25) is 0 Å². The van der Waals surface area contributed by atoms with Crippen molar-refractivity contribution in [1.82, 2.24) is 0 Å². The molecule has 2 aliphatic rings. The summed E-state index contributed by atoms with van der Waals surface area (Å²) in [5, 5.41) is 3.26. The molecule has 0 aliphatic carbocycles. The van der Waals surface area contributed by atoms with Gasteiger partial charge in [0.1, 0.15) is 0 Å². The summed E-state index contributed by atoms with van der Waals surface area (Å²) in [5.74, 6) is -0.805. The average molecular weight is 265 g/mol. The van der Waals surface area contributed by atoms with E-state index < -0.39 is 5.79 Å². The lowest BCUT2D eigenvalue weighted by molar-refractivity contribution is -0.127. The lowest BCUT2D eigenvalue weighted by Crippen LogP contribution is -2.26. The molecule has 0 atom stereocenters. The first-order valence-electron chi connectivity index (χ1n) is 6.74. The number of nitrogens with one attached hydrogen (secondary N) is 1. The van der Waals surface area contributed by atoms with Crippen LogP contribution in [0, 0.1) is 0 Å². The standard InChI is InChI=1S/C17H15NO2/c1-12-17(19-9-10-20-17)15-11-14(7-8-16(15)18-12)13-5-3-2-4-6-13/h2-8,11,18H,1,9-10H2. The molecule has 1 saturated heterocycles. The van der Waals surface area contributed by atoms with Gasteiger partial charge in [-0.15, -0.1) is 0 Å². The predicted molar refractivity (Wildman–Crippen MR) is 78.2 cm³/mol. The first-order valence-corrected chi connectivity index (χ1v) is 6.74. The molecule has 1 fully saturated rings. The highest BCUT2D eigenvalue weighted by Crippen LogP contribution is 2.48. The maximum atomic E-state index is 5.85. The van der Waals surface area contributed by atoms with Crippen molar-refractivity contribution < 1.29 is 9.47 Å². The van der Waals surface area contributed by atoms with Gasteiger partial charge in [0.05, 0.1) is 18.9 Å². The van der Waals surface area contributed by atoms with Gasteiger partial charge in [-0.25, -0.2) is 0 Å². The van der Waals surface area contributed by atoms with Crippen molar-refractivity contribution in [2.24, 2.45) is 0 Å². The van der Waals surface area contributed by atoms with Gasteiger partial charge in [0.25, 0.3) is 0 Å². The third-order valence-corrected chi connectivity index (χ3v) is 3.86. The molecule has 0 unspecified atom stereocenters. The Morgan fingerprint density at radius 2 is 1.70 bits per heavy atom. The Kier molecular flexibility index (Phi) is 2.46. The molecule has 0 amide bonds. The van der Waals surface area contributed by atoms with Crippen LogP contribution in [0.25, 0.3) is 11.1 Å². The fourth-order valence-corrected chi connectivity index (χ4v) is 2.89. The molecule has 1 spiro atoms. The number of benzene rings is 2. The van der Waals surface area contributed by atoms with Crippen LogP contribution in [0.1, 0.15) is 5.56 Å². The first-order chi connectivity index (χ1) is 9.79. The SMILES string of the molecule is C=C1Nc2ccc(-c3ccccc3)cc2C12OCCO2. The van der Waals surface area contributed by atoms with Crippen LogP contribution in [0.5, 0.6) is 0 Å². The summed E-state index contributed by atoms with van der Waals surface area (Å²) >= 11 is 0. The Labute approximate surface area is 117 Å². The zero-order valence-corrected chi connectivity index (χ0v) is 11.1. The number of ether oxygens (including phenoxy) is 2. The lowest BCUT2D eigenvalue weighted by Gasteiger charge is -2.23. The van der Waals surface area contributed by atoms with Crippen LogP contribution in [0.15, 0.2) is 60.8 Å². The van der Waals surface area contributed by atoms with Crippen molar-refractivity contribution in [2.75, 3.05) is 18.5 Å². The predicted octanol–water partition coefficient (Wildman–Crippen LogP) is 3.49. The van der Waals surface area contributed by atoms with E-state index in [-0.39, 0.29) is 0 Å². The van der Waals surface area contributed by atoms with Gasteiger partial charge in [-0.3, -0.25) is 0 Å². The van der Waals surface area contributed by atoms with Crippen molar-refractivity contribution in [3.8, 4) is 11.1 Å². The highest BCUT2D eigenvalue weighted by molar-refractivity contribution is 5.74. The van der Waals surface area contributed by atoms with Gasteiger partial charge in [-0.1, -0.05) is 43.0 Å². The minimum Gasteiger partial charge on any atom is -0.354 e. The first kappa shape index (κ1) is 11.7. The highest BCUT2D eigenvalue weighted by Gasteiger charge is 2.47. The van der Waals surface area contributed by atoms with Crippen LogP contribution >= 0.6 is 0 Å². The zero-order chi connectivity index (χ0) is 13.6. The topological polar surface area (TPSA) is 30.5 Å². The van der Waals surface area contributed by atoms with Crippen LogP contribution in [0.3, 0.4) is 0 Å². The quantitative estimate of drug-likeness (QED) is 0.856. The van der Waals surface area contributed by atoms with Crippen molar-refractivity contribution >= 4 is 5.69 Å². The second kappa shape index (κ2) is 4.20. The van der Waals surface area contributed by atoms with Gasteiger partial charge in [-0.2, -0.15) is 0 Å². The van der Waals surface area contributed by atoms with Crippen molar-refractivity contribution in [2.45, 2.75) is 5.79 Å². The molecular weight excluding hydrogens is 250 g/mol. The van der Waals surface area contributed by atoms with Crippen LogP contribution in [-0.2, 0) is 15.3 Å². The second-order valence-corrected chi connectivity index (χ2v) is 5.04. The third-order valence-electron chi connectivity index (χ3n) is 3.86. The molecule has 0 saturated carbocycles. The molecule has 2 aromatic carbocycles. The van der Waals surface area contributed by atoms with E-state index in [0.717, 1.165) is 22.5 Å². The number of hydrogen-bond donors (Lipinski definition) is 1. The molecule has 0 radical (unpaired) electrons. The van der Waals surface area contributed by atoms with Crippen LogP contribution in [0.4, 0.5) is 5.69 Å². The van der Waals surface area contributed by atoms with Crippen molar-refractivity contribution in [3.63, 3.8) is 0 Å². The monoisotopic (exact) mass is 265 g/mol. The van der Waals surface area contributed by atoms with Gasteiger partial charge in [-0.05, 0) is 23.3 Å². The fourth-order valence-electron chi connectivity index (χ4n) is 2.89. The molecule has 2 aliphatic heterocycles. The number of hydrogen-bond acceptors (Lipinski definition) is 3. The summed E-state index contributed by atoms with van der Waals surface area (Å²) in [6.45, 7) is 5.23. The molecule has 3 nitrogen and oxygen atoms in total. The maximum Gasteiger partial charge on any atom is 0.239 e. The summed E-state index contributed by atoms with van der Waals surface area (Å²) in [5.41, 5.74) is 5.12. The molecule has 3 heteroatoms. The molecule has 20 heavy (non-hydrogen) atoms. The van der Waals surface area contributed by atoms with E-state index in [4.69, 9.17) is 9.47 Å². The highest BCUT2D eigenvalue weighted by atomic mass is 16.7. The summed E-state index contributed by atoms with van der Waals surface area (Å²) in [7, 11) is 0. The molecule has 4 rings (SSSR count). The summed E-state index contributed by atoms with van der Waals surface area (Å²) < 4.78 is 11.7. The largest absolute Gasteiger partial charge is 0.354 e. The molecule has 0 aromatic heterocycles. The number of rotatable bonds is 1. The summed E-state index contributed by atoms with van der Waals surface area (Å²) in [6, 6.07) is 16.6. The normalized spacial score (nSPS) is 19.1. The van der Waals surface area contributed by atoms with E-state index >= 15 is 0 Å². The van der Waals surface area contributed by atoms with E-state index in [1.807, 2.05) is 18.2 Å². The lowest BCUT2D eigenvalue weighted by atomic mass is 9.99. The molecule has 0 bridgehead atoms. The Hall–Kier alpha value is -2.10. The van der Waals surface area contributed by atoms with Gasteiger partial charge in [0.2, 0.25) is 5.79 Å². The molecular formula is C17H15NO2. The summed E-state index contributed by atoms with van der Waals surface area (Å²) in [6.07, 6.45) is 0. The van der Waals surface area contributed by atoms with E-state index in [1.165, 1.54) is 5.56 Å². The Morgan fingerprint density at radius 1 is 0.950 bits per heavy atom. The maximum absolute atomic E-state index is 5.85. The second-order valence-electron chi connectivity index (χ2n) is 5.04. The zero-order valence-electron chi connectivity index (χ0n) is 11.1. The molecule has 2 aromatic rings. The Bertz CT molecular complexity index is 673. The van der Waals surface area contributed by atoms with E-state index in [0.29, 0.717) is 13.2 Å². The van der Waals surface area contributed by atoms with Gasteiger partial charge >= 0.3 is 0 Å². The Balaban J connectivity index is 1.86. The van der Waals surface area contributed by atoms with Crippen LogP contribution < -0.4 is 5.32 Å². The van der Waals surface area contributed by atoms with Crippen molar-refractivity contribution in [3.05, 3.63) is 66.4 Å². The van der Waals surface area contributed by atoms with Crippen molar-refractivity contribution in [1.29, 1.82) is 0 Å². The average Bonchev–Trinajstić information content (AvgIpc) is 3.08. The third kappa shape index (κ3) is 1.54. The molecule has 1 N–H and O–H groups in total. The Morgan fingerprint density at radius 3 is 2.45 bits per heavy atom. The minimum absolute atomic E-state index is 0.593.